The van der Waals surface area contributed by atoms with E-state index >= 15 is 0 Å². The number of hydrogen-bond acceptors (Lipinski definition) is 1. The van der Waals surface area contributed by atoms with E-state index < -0.39 is 0 Å². The summed E-state index contributed by atoms with van der Waals surface area (Å²) in [6.07, 6.45) is 5.16. The molecule has 0 fully saturated rings. The molecule has 1 atom stereocenters. The molecule has 0 bridgehead atoms. The van der Waals surface area contributed by atoms with E-state index in [1.807, 2.05) is 30.6 Å². The molecule has 2 aromatic rings. The molecule has 0 spiro atoms. The van der Waals surface area contributed by atoms with E-state index in [2.05, 4.69) is 70.4 Å². The van der Waals surface area contributed by atoms with Crippen LogP contribution in [0.3, 0.4) is 0 Å². The fraction of sp³-hybridized carbons (Fsp3) is 0.476. The Hall–Kier alpha value is -1.54. The van der Waals surface area contributed by atoms with E-state index in [4.69, 9.17) is 4.74 Å². The third kappa shape index (κ3) is 5.83. The summed E-state index contributed by atoms with van der Waals surface area (Å²) in [4.78, 5) is 0. The second kappa shape index (κ2) is 8.02. The number of benzene rings is 1. The van der Waals surface area contributed by atoms with Gasteiger partial charge in [-0.15, -0.1) is 0 Å². The van der Waals surface area contributed by atoms with Crippen LogP contribution in [0.1, 0.15) is 59.8 Å². The van der Waals surface area contributed by atoms with Crippen LogP contribution >= 0.6 is 0 Å². The zero-order valence-electron chi connectivity index (χ0n) is 15.7. The molecule has 2 rings (SSSR count). The first-order chi connectivity index (χ1) is 10.7. The maximum Gasteiger partial charge on any atom is 0.298 e. The maximum absolute atomic E-state index is 6.03. The van der Waals surface area contributed by atoms with Gasteiger partial charge in [-0.2, -0.15) is 4.57 Å². The van der Waals surface area contributed by atoms with Gasteiger partial charge in [0.1, 0.15) is 5.75 Å². The van der Waals surface area contributed by atoms with Crippen molar-refractivity contribution in [2.75, 3.05) is 0 Å². The number of pyridine rings is 1. The predicted molar refractivity (Wildman–Crippen MR) is 95.5 cm³/mol. The van der Waals surface area contributed by atoms with Crippen molar-refractivity contribution in [3.63, 3.8) is 0 Å². The van der Waals surface area contributed by atoms with Gasteiger partial charge in [0, 0.05) is 19.1 Å². The Morgan fingerprint density at radius 1 is 0.917 bits per heavy atom. The van der Waals surface area contributed by atoms with Crippen molar-refractivity contribution < 1.29 is 21.7 Å². The van der Waals surface area contributed by atoms with Crippen molar-refractivity contribution in [2.24, 2.45) is 5.41 Å². The second-order valence-corrected chi connectivity index (χ2v) is 8.19. The van der Waals surface area contributed by atoms with Gasteiger partial charge >= 0.3 is 0 Å². The van der Waals surface area contributed by atoms with E-state index in [1.54, 1.807) is 0 Å². The summed E-state index contributed by atoms with van der Waals surface area (Å²) in [5.41, 5.74) is 1.84. The van der Waals surface area contributed by atoms with Gasteiger partial charge < -0.3 is 17.1 Å². The first-order valence-corrected chi connectivity index (χ1v) is 8.40. The zero-order chi connectivity index (χ0) is 17.1. The van der Waals surface area contributed by atoms with Crippen molar-refractivity contribution in [1.29, 1.82) is 0 Å². The zero-order valence-corrected chi connectivity index (χ0v) is 16.5. The smallest absolute Gasteiger partial charge is 0.298 e. The molecule has 1 aromatic carbocycles. The first kappa shape index (κ1) is 20.5. The summed E-state index contributed by atoms with van der Waals surface area (Å²) in [5, 5.41) is 0. The molecule has 3 heteroatoms. The van der Waals surface area contributed by atoms with Gasteiger partial charge in [0.15, 0.2) is 12.4 Å². The molecule has 2 nitrogen and oxygen atoms in total. The minimum atomic E-state index is -0.0235. The number of halogens is 1. The molecular formula is C21H30ClNO. The van der Waals surface area contributed by atoms with Crippen LogP contribution in [0, 0.1) is 5.41 Å². The van der Waals surface area contributed by atoms with Gasteiger partial charge in [-0.1, -0.05) is 52.8 Å². The molecule has 0 saturated carbocycles. The summed E-state index contributed by atoms with van der Waals surface area (Å²) in [6, 6.07) is 14.6. The highest BCUT2D eigenvalue weighted by Crippen LogP contribution is 2.36. The van der Waals surface area contributed by atoms with E-state index in [1.165, 1.54) is 5.56 Å². The molecule has 132 valence electrons. The number of nitrogens with zero attached hydrogens (tertiary/aromatic N) is 1. The molecule has 0 aliphatic carbocycles. The van der Waals surface area contributed by atoms with Crippen LogP contribution in [-0.4, -0.2) is 0 Å². The Kier molecular flexibility index (Phi) is 6.86. The number of ether oxygens (including phenoxy) is 1. The van der Waals surface area contributed by atoms with Crippen LogP contribution in [0.25, 0.3) is 0 Å². The van der Waals surface area contributed by atoms with Gasteiger partial charge in [0.05, 0.1) is 0 Å². The van der Waals surface area contributed by atoms with E-state index in [0.29, 0.717) is 5.41 Å². The molecule has 0 radical (unpaired) electrons. The van der Waals surface area contributed by atoms with Crippen molar-refractivity contribution in [3.8, 4) is 5.75 Å². The highest BCUT2D eigenvalue weighted by Gasteiger charge is 2.27. The Balaban J connectivity index is 0.00000288. The molecule has 0 saturated heterocycles. The molecular weight excluding hydrogens is 318 g/mol. The van der Waals surface area contributed by atoms with Crippen molar-refractivity contribution in [1.82, 2.24) is 0 Å². The quantitative estimate of drug-likeness (QED) is 0.756. The van der Waals surface area contributed by atoms with E-state index in [0.717, 1.165) is 12.2 Å². The molecule has 0 aliphatic rings. The Bertz CT molecular complexity index is 615. The highest BCUT2D eigenvalue weighted by molar-refractivity contribution is 5.31. The summed E-state index contributed by atoms with van der Waals surface area (Å²) in [5.74, 6) is 0.907. The fourth-order valence-corrected chi connectivity index (χ4v) is 3.32. The maximum atomic E-state index is 6.03. The van der Waals surface area contributed by atoms with Crippen LogP contribution < -0.4 is 21.7 Å². The average molecular weight is 348 g/mol. The number of rotatable bonds is 5. The lowest BCUT2D eigenvalue weighted by molar-refractivity contribution is -0.750. The van der Waals surface area contributed by atoms with E-state index in [9.17, 15) is 0 Å². The topological polar surface area (TPSA) is 13.1 Å². The summed E-state index contributed by atoms with van der Waals surface area (Å²) >= 11 is 0. The summed E-state index contributed by atoms with van der Waals surface area (Å²) < 4.78 is 8.08. The average Bonchev–Trinajstić information content (AvgIpc) is 2.46. The summed E-state index contributed by atoms with van der Waals surface area (Å²) in [7, 11) is 0. The monoisotopic (exact) mass is 347 g/mol. The van der Waals surface area contributed by atoms with Crippen LogP contribution in [0.5, 0.6) is 5.75 Å². The van der Waals surface area contributed by atoms with Gasteiger partial charge in [-0.05, 0) is 34.9 Å². The highest BCUT2D eigenvalue weighted by atomic mass is 35.5. The van der Waals surface area contributed by atoms with Gasteiger partial charge in [-0.3, -0.25) is 0 Å². The molecule has 0 N–H and O–H groups in total. The molecule has 1 heterocycles. The third-order valence-electron chi connectivity index (χ3n) is 4.07. The lowest BCUT2D eigenvalue weighted by Crippen LogP contribution is -3.00. The van der Waals surface area contributed by atoms with E-state index in [-0.39, 0.29) is 24.0 Å². The largest absolute Gasteiger partial charge is 1.00 e. The molecule has 1 aromatic heterocycles. The lowest BCUT2D eigenvalue weighted by Gasteiger charge is -2.33. The SMILES string of the molecule is CC(Oc1ccc(C(C)(C)CC(C)(C)C)cc1)[n+]1ccccc1.[Cl-]. The molecule has 0 amide bonds. The standard InChI is InChI=1S/C21H30NO.ClH/c1-17(22-14-8-7-9-15-22)23-19-12-10-18(11-13-19)21(5,6)16-20(2,3)4;/h7-15,17H,16H2,1-6H3;1H/q+1;/p-1. The van der Waals surface area contributed by atoms with Crippen molar-refractivity contribution in [2.45, 2.75) is 59.6 Å². The van der Waals surface area contributed by atoms with Gasteiger partial charge in [-0.25, -0.2) is 0 Å². The lowest BCUT2D eigenvalue weighted by atomic mass is 9.72. The van der Waals surface area contributed by atoms with Crippen LogP contribution in [0.4, 0.5) is 0 Å². The van der Waals surface area contributed by atoms with Crippen LogP contribution in [-0.2, 0) is 5.41 Å². The Morgan fingerprint density at radius 3 is 1.96 bits per heavy atom. The van der Waals surface area contributed by atoms with Gasteiger partial charge in [0.2, 0.25) is 0 Å². The minimum absolute atomic E-state index is 0. The predicted octanol–water partition coefficient (Wildman–Crippen LogP) is 2.29. The van der Waals surface area contributed by atoms with Crippen molar-refractivity contribution >= 4 is 0 Å². The fourth-order valence-electron chi connectivity index (χ4n) is 3.32. The normalized spacial score (nSPS) is 13.1. The minimum Gasteiger partial charge on any atom is -1.00 e. The molecule has 1 unspecified atom stereocenters. The third-order valence-corrected chi connectivity index (χ3v) is 4.07. The Labute approximate surface area is 153 Å². The summed E-state index contributed by atoms with van der Waals surface area (Å²) in [6.45, 7) is 13.6. The number of aromatic nitrogens is 1. The van der Waals surface area contributed by atoms with Crippen LogP contribution in [0.2, 0.25) is 0 Å². The molecule has 24 heavy (non-hydrogen) atoms. The second-order valence-electron chi connectivity index (χ2n) is 8.19. The molecule has 0 aliphatic heterocycles. The van der Waals surface area contributed by atoms with Crippen molar-refractivity contribution in [3.05, 3.63) is 60.4 Å². The Morgan fingerprint density at radius 2 is 1.46 bits per heavy atom. The van der Waals surface area contributed by atoms with Crippen LogP contribution in [0.15, 0.2) is 54.9 Å². The first-order valence-electron chi connectivity index (χ1n) is 8.40. The van der Waals surface area contributed by atoms with Gasteiger partial charge in [0.25, 0.3) is 6.23 Å². The number of hydrogen-bond donors (Lipinski definition) is 0.